The molecule has 4 heteroatoms. The van der Waals surface area contributed by atoms with E-state index in [1.54, 1.807) is 17.7 Å². The fraction of sp³-hybridized carbons (Fsp3) is 0.125. The zero-order valence-electron chi connectivity index (χ0n) is 6.24. The summed E-state index contributed by atoms with van der Waals surface area (Å²) in [4.78, 5) is 11.9. The summed E-state index contributed by atoms with van der Waals surface area (Å²) in [7, 11) is 0. The second kappa shape index (κ2) is 2.64. The van der Waals surface area contributed by atoms with Crippen LogP contribution in [0.2, 0.25) is 0 Å². The predicted molar refractivity (Wildman–Crippen MR) is 46.7 cm³/mol. The summed E-state index contributed by atoms with van der Waals surface area (Å²) >= 11 is 1.50. The summed E-state index contributed by atoms with van der Waals surface area (Å²) in [5.74, 6) is -0.376. The lowest BCUT2D eigenvalue weighted by atomic mass is 10.1. The van der Waals surface area contributed by atoms with E-state index in [0.29, 0.717) is 12.2 Å². The van der Waals surface area contributed by atoms with Crippen LogP contribution in [-0.4, -0.2) is 5.91 Å². The molecule has 2 heterocycles. The molecule has 0 unspecified atom stereocenters. The van der Waals surface area contributed by atoms with Gasteiger partial charge in [0.15, 0.2) is 0 Å². The molecule has 62 valence electrons. The third kappa shape index (κ3) is 1.00. The summed E-state index contributed by atoms with van der Waals surface area (Å²) in [6.07, 6.45) is 3.36. The molecule has 12 heavy (non-hydrogen) atoms. The van der Waals surface area contributed by atoms with Gasteiger partial charge in [-0.05, 0) is 6.08 Å². The fourth-order valence-electron chi connectivity index (χ4n) is 1.13. The molecule has 0 saturated carbocycles. The number of carbonyl (C=O) groups is 1. The highest BCUT2D eigenvalue weighted by Crippen LogP contribution is 2.27. The van der Waals surface area contributed by atoms with Crippen LogP contribution in [0.3, 0.4) is 0 Å². The molecular formula is C8H7NO2S. The summed E-state index contributed by atoms with van der Waals surface area (Å²) in [5.41, 5.74) is 6.68. The largest absolute Gasteiger partial charge is 0.496 e. The highest BCUT2D eigenvalue weighted by molar-refractivity contribution is 7.10. The Bertz CT molecular complexity index is 354. The second-order valence-electron chi connectivity index (χ2n) is 2.46. The molecule has 0 fully saturated rings. The van der Waals surface area contributed by atoms with Crippen LogP contribution in [-0.2, 0) is 11.3 Å². The van der Waals surface area contributed by atoms with Gasteiger partial charge in [0.25, 0.3) is 0 Å². The minimum absolute atomic E-state index is 0.376. The Morgan fingerprint density at radius 3 is 3.25 bits per heavy atom. The molecule has 1 aromatic rings. The van der Waals surface area contributed by atoms with E-state index in [0.717, 1.165) is 10.4 Å². The Labute approximate surface area is 73.5 Å². The smallest absolute Gasteiger partial charge is 0.250 e. The Hall–Kier alpha value is -1.29. The van der Waals surface area contributed by atoms with E-state index in [2.05, 4.69) is 0 Å². The molecule has 1 aromatic heterocycles. The van der Waals surface area contributed by atoms with Gasteiger partial charge < -0.3 is 10.5 Å². The van der Waals surface area contributed by atoms with Gasteiger partial charge in [0.05, 0.1) is 16.7 Å². The lowest BCUT2D eigenvalue weighted by Gasteiger charge is -2.06. The Balaban J connectivity index is 2.54. The van der Waals surface area contributed by atoms with E-state index in [4.69, 9.17) is 10.5 Å². The van der Waals surface area contributed by atoms with Crippen LogP contribution in [0.4, 0.5) is 0 Å². The number of hydrogen-bond donors (Lipinski definition) is 1. The first kappa shape index (κ1) is 7.36. The molecule has 0 bridgehead atoms. The normalized spacial score (nSPS) is 13.7. The summed E-state index contributed by atoms with van der Waals surface area (Å²) in [6, 6.07) is 0. The van der Waals surface area contributed by atoms with Crippen LogP contribution in [0.25, 0.3) is 6.08 Å². The van der Waals surface area contributed by atoms with E-state index < -0.39 is 0 Å². The Kier molecular flexibility index (Phi) is 1.62. The Morgan fingerprint density at radius 2 is 2.50 bits per heavy atom. The van der Waals surface area contributed by atoms with Crippen molar-refractivity contribution < 1.29 is 9.53 Å². The second-order valence-corrected chi connectivity index (χ2v) is 3.43. The van der Waals surface area contributed by atoms with Gasteiger partial charge in [-0.3, -0.25) is 4.79 Å². The average Bonchev–Trinajstić information content (AvgIpc) is 2.47. The first-order chi connectivity index (χ1) is 5.79. The van der Waals surface area contributed by atoms with Crippen molar-refractivity contribution in [2.75, 3.05) is 0 Å². The van der Waals surface area contributed by atoms with Crippen LogP contribution in [0.15, 0.2) is 11.6 Å². The van der Waals surface area contributed by atoms with Crippen LogP contribution in [0.1, 0.15) is 20.8 Å². The monoisotopic (exact) mass is 181 g/mol. The topological polar surface area (TPSA) is 52.3 Å². The predicted octanol–water partition coefficient (Wildman–Crippen LogP) is 1.35. The number of hydrogen-bond acceptors (Lipinski definition) is 3. The number of primary amides is 1. The maximum atomic E-state index is 10.9. The van der Waals surface area contributed by atoms with E-state index in [1.807, 2.05) is 0 Å². The molecule has 0 spiro atoms. The average molecular weight is 181 g/mol. The zero-order valence-corrected chi connectivity index (χ0v) is 7.06. The van der Waals surface area contributed by atoms with Crippen molar-refractivity contribution in [1.29, 1.82) is 0 Å². The molecule has 3 nitrogen and oxygen atoms in total. The van der Waals surface area contributed by atoms with E-state index >= 15 is 0 Å². The molecule has 0 aliphatic carbocycles. The molecule has 0 aromatic carbocycles. The van der Waals surface area contributed by atoms with Gasteiger partial charge in [-0.2, -0.15) is 0 Å². The van der Waals surface area contributed by atoms with Crippen molar-refractivity contribution in [2.24, 2.45) is 5.73 Å². The van der Waals surface area contributed by atoms with Crippen LogP contribution < -0.4 is 5.73 Å². The number of rotatable bonds is 1. The molecule has 0 saturated heterocycles. The van der Waals surface area contributed by atoms with Crippen molar-refractivity contribution in [1.82, 2.24) is 0 Å². The molecule has 2 N–H and O–H groups in total. The van der Waals surface area contributed by atoms with Crippen LogP contribution in [0, 0.1) is 0 Å². The molecule has 0 atom stereocenters. The maximum absolute atomic E-state index is 10.9. The van der Waals surface area contributed by atoms with Crippen molar-refractivity contribution in [3.05, 3.63) is 27.6 Å². The number of fused-ring (bicyclic) bond motifs is 1. The van der Waals surface area contributed by atoms with Gasteiger partial charge in [-0.25, -0.2) is 0 Å². The first-order valence-electron chi connectivity index (χ1n) is 3.47. The van der Waals surface area contributed by atoms with Gasteiger partial charge >= 0.3 is 0 Å². The first-order valence-corrected chi connectivity index (χ1v) is 4.35. The molecule has 1 aliphatic heterocycles. The van der Waals surface area contributed by atoms with Crippen molar-refractivity contribution in [3.8, 4) is 0 Å². The third-order valence-electron chi connectivity index (χ3n) is 1.72. The lowest BCUT2D eigenvalue weighted by Crippen LogP contribution is -2.11. The van der Waals surface area contributed by atoms with Gasteiger partial charge in [-0.1, -0.05) is 0 Å². The third-order valence-corrected chi connectivity index (χ3v) is 2.70. The standard InChI is InChI=1S/C8H7NO2S/c9-8(10)6-4-12-7-3-11-2-1-5(6)7/h1-2,4H,3H2,(H2,9,10). The van der Waals surface area contributed by atoms with Gasteiger partial charge in [-0.15, -0.1) is 11.3 Å². The lowest BCUT2D eigenvalue weighted by molar-refractivity contribution is 0.100. The van der Waals surface area contributed by atoms with Crippen molar-refractivity contribution in [3.63, 3.8) is 0 Å². The van der Waals surface area contributed by atoms with Gasteiger partial charge in [0, 0.05) is 10.9 Å². The number of thiophene rings is 1. The van der Waals surface area contributed by atoms with E-state index in [-0.39, 0.29) is 5.91 Å². The summed E-state index contributed by atoms with van der Waals surface area (Å²) in [5, 5.41) is 1.77. The molecule has 1 aliphatic rings. The quantitative estimate of drug-likeness (QED) is 0.711. The molecule has 2 rings (SSSR count). The summed E-state index contributed by atoms with van der Waals surface area (Å²) in [6.45, 7) is 0.545. The number of carbonyl (C=O) groups excluding carboxylic acids is 1. The van der Waals surface area contributed by atoms with E-state index in [9.17, 15) is 4.79 Å². The SMILES string of the molecule is NC(=O)c1csc2c1C=COC2. The highest BCUT2D eigenvalue weighted by atomic mass is 32.1. The van der Waals surface area contributed by atoms with Crippen molar-refractivity contribution in [2.45, 2.75) is 6.61 Å². The maximum Gasteiger partial charge on any atom is 0.250 e. The Morgan fingerprint density at radius 1 is 1.67 bits per heavy atom. The summed E-state index contributed by atoms with van der Waals surface area (Å²) < 4.78 is 5.07. The van der Waals surface area contributed by atoms with Crippen molar-refractivity contribution >= 4 is 23.3 Å². The minimum atomic E-state index is -0.376. The number of amides is 1. The zero-order chi connectivity index (χ0) is 8.55. The highest BCUT2D eigenvalue weighted by Gasteiger charge is 2.15. The van der Waals surface area contributed by atoms with Crippen LogP contribution >= 0.6 is 11.3 Å². The molecule has 1 amide bonds. The van der Waals surface area contributed by atoms with Gasteiger partial charge in [0.2, 0.25) is 5.91 Å². The fourth-order valence-corrected chi connectivity index (χ4v) is 2.08. The number of ether oxygens (including phenoxy) is 1. The van der Waals surface area contributed by atoms with Gasteiger partial charge in [0.1, 0.15) is 6.61 Å². The van der Waals surface area contributed by atoms with Crippen LogP contribution in [0.5, 0.6) is 0 Å². The molecular weight excluding hydrogens is 174 g/mol. The minimum Gasteiger partial charge on any atom is -0.496 e. The molecule has 0 radical (unpaired) electrons. The van der Waals surface area contributed by atoms with E-state index in [1.165, 1.54) is 11.3 Å². The number of nitrogens with two attached hydrogens (primary N) is 1.